The lowest BCUT2D eigenvalue weighted by atomic mass is 10.1. The molecule has 3 amide bonds. The number of aromatic nitrogens is 2. The molecule has 3 aliphatic rings. The van der Waals surface area contributed by atoms with Crippen molar-refractivity contribution >= 4 is 17.7 Å². The van der Waals surface area contributed by atoms with E-state index in [1.54, 1.807) is 11.1 Å². The predicted octanol–water partition coefficient (Wildman–Crippen LogP) is 3.79. The van der Waals surface area contributed by atoms with Gasteiger partial charge in [0, 0.05) is 51.5 Å². The lowest BCUT2D eigenvalue weighted by Gasteiger charge is -2.31. The molecule has 3 aromatic rings. The van der Waals surface area contributed by atoms with Crippen LogP contribution in [0.15, 0.2) is 60.9 Å². The van der Waals surface area contributed by atoms with E-state index in [2.05, 4.69) is 39.6 Å². The molecule has 0 aliphatic carbocycles. The zero-order valence-electron chi connectivity index (χ0n) is 27.5. The quantitative estimate of drug-likeness (QED) is 0.418. The molecule has 1 aromatic heterocycles. The van der Waals surface area contributed by atoms with E-state index in [-0.39, 0.29) is 42.9 Å². The smallest absolute Gasteiger partial charge is 0.242 e. The first-order chi connectivity index (χ1) is 22.8. The molecule has 0 unspecified atom stereocenters. The summed E-state index contributed by atoms with van der Waals surface area (Å²) in [5.41, 5.74) is 3.03. The van der Waals surface area contributed by atoms with Crippen molar-refractivity contribution in [3.63, 3.8) is 0 Å². The monoisotopic (exact) mass is 642 g/mol. The SMILES string of the molecule is CC(C)CC(=O)N1CCCN(Cc2cccc(-n3cccn3)c2)CCCCNC(=O)[C@@H]2C[C@H]1CN2C(=O)Cc1ccc2c(c1)OCO2. The third-order valence-electron chi connectivity index (χ3n) is 9.20. The number of ether oxygens (including phenoxy) is 2. The van der Waals surface area contributed by atoms with Gasteiger partial charge < -0.3 is 24.6 Å². The average molecular weight is 643 g/mol. The van der Waals surface area contributed by atoms with Gasteiger partial charge in [0.1, 0.15) is 6.04 Å². The van der Waals surface area contributed by atoms with Crippen molar-refractivity contribution in [2.24, 2.45) is 5.92 Å². The fourth-order valence-electron chi connectivity index (χ4n) is 6.87. The van der Waals surface area contributed by atoms with Crippen LogP contribution >= 0.6 is 0 Å². The number of rotatable bonds is 7. The lowest BCUT2D eigenvalue weighted by molar-refractivity contribution is -0.138. The second-order valence-corrected chi connectivity index (χ2v) is 13.2. The Bertz CT molecular complexity index is 1540. The van der Waals surface area contributed by atoms with Crippen LogP contribution in [0.2, 0.25) is 0 Å². The fourth-order valence-corrected chi connectivity index (χ4v) is 6.87. The van der Waals surface area contributed by atoms with Gasteiger partial charge in [0.25, 0.3) is 0 Å². The van der Waals surface area contributed by atoms with E-state index in [1.165, 1.54) is 5.56 Å². The van der Waals surface area contributed by atoms with Gasteiger partial charge in [-0.2, -0.15) is 5.10 Å². The predicted molar refractivity (Wildman–Crippen MR) is 177 cm³/mol. The Morgan fingerprint density at radius 3 is 2.62 bits per heavy atom. The highest BCUT2D eigenvalue weighted by atomic mass is 16.7. The molecule has 0 saturated carbocycles. The molecule has 11 nitrogen and oxygen atoms in total. The first-order valence-corrected chi connectivity index (χ1v) is 16.9. The fraction of sp³-hybridized carbons (Fsp3) is 0.500. The number of hydrogen-bond acceptors (Lipinski definition) is 7. The summed E-state index contributed by atoms with van der Waals surface area (Å²) in [5, 5.41) is 7.49. The zero-order chi connectivity index (χ0) is 32.8. The van der Waals surface area contributed by atoms with Gasteiger partial charge in [-0.05, 0) is 79.6 Å². The Labute approximate surface area is 276 Å². The van der Waals surface area contributed by atoms with Crippen LogP contribution in [0.25, 0.3) is 5.69 Å². The first kappa shape index (κ1) is 32.6. The summed E-state index contributed by atoms with van der Waals surface area (Å²) in [4.78, 5) is 47.1. The number of nitrogens with zero attached hydrogens (tertiary/aromatic N) is 5. The van der Waals surface area contributed by atoms with Crippen LogP contribution in [0.3, 0.4) is 0 Å². The van der Waals surface area contributed by atoms with Crippen molar-refractivity contribution in [2.75, 3.05) is 39.5 Å². The number of benzene rings is 2. The van der Waals surface area contributed by atoms with Gasteiger partial charge in [-0.3, -0.25) is 19.3 Å². The average Bonchev–Trinajstić information content (AvgIpc) is 3.83. The third-order valence-corrected chi connectivity index (χ3v) is 9.20. The maximum Gasteiger partial charge on any atom is 0.242 e. The zero-order valence-corrected chi connectivity index (χ0v) is 27.5. The first-order valence-electron chi connectivity index (χ1n) is 16.9. The molecule has 6 rings (SSSR count). The van der Waals surface area contributed by atoms with E-state index in [9.17, 15) is 14.4 Å². The van der Waals surface area contributed by atoms with Crippen molar-refractivity contribution in [3.05, 3.63) is 72.1 Å². The second-order valence-electron chi connectivity index (χ2n) is 13.2. The number of nitrogens with one attached hydrogen (secondary N) is 1. The normalized spacial score (nSPS) is 20.7. The Kier molecular flexibility index (Phi) is 10.4. The van der Waals surface area contributed by atoms with E-state index < -0.39 is 6.04 Å². The number of carbonyl (C=O) groups is 3. The Morgan fingerprint density at radius 1 is 0.936 bits per heavy atom. The highest BCUT2D eigenvalue weighted by Gasteiger charge is 2.42. The minimum Gasteiger partial charge on any atom is -0.454 e. The summed E-state index contributed by atoms with van der Waals surface area (Å²) < 4.78 is 12.8. The van der Waals surface area contributed by atoms with E-state index in [0.29, 0.717) is 44.0 Å². The van der Waals surface area contributed by atoms with Crippen molar-refractivity contribution in [1.82, 2.24) is 29.8 Å². The number of likely N-dealkylation sites (tertiary alicyclic amines) is 1. The molecular weight excluding hydrogens is 596 g/mol. The molecule has 11 heteroatoms. The molecule has 2 atom stereocenters. The van der Waals surface area contributed by atoms with Gasteiger partial charge in [0.15, 0.2) is 11.5 Å². The topological polar surface area (TPSA) is 109 Å². The summed E-state index contributed by atoms with van der Waals surface area (Å²) >= 11 is 0. The molecule has 47 heavy (non-hydrogen) atoms. The minimum atomic E-state index is -0.614. The van der Waals surface area contributed by atoms with Gasteiger partial charge in [-0.1, -0.05) is 32.0 Å². The van der Waals surface area contributed by atoms with Crippen LogP contribution in [-0.4, -0.2) is 93.8 Å². The van der Waals surface area contributed by atoms with Crippen LogP contribution in [0.5, 0.6) is 11.5 Å². The molecule has 3 aliphatic heterocycles. The number of fused-ring (bicyclic) bond motifs is 3. The van der Waals surface area contributed by atoms with E-state index in [1.807, 2.05) is 53.9 Å². The molecular formula is C36H46N6O5. The van der Waals surface area contributed by atoms with Crippen molar-refractivity contribution in [3.8, 4) is 17.2 Å². The number of carbonyl (C=O) groups excluding carboxylic acids is 3. The van der Waals surface area contributed by atoms with Crippen molar-refractivity contribution in [2.45, 2.75) is 71.0 Å². The second kappa shape index (κ2) is 15.0. The van der Waals surface area contributed by atoms with Crippen LogP contribution in [0.4, 0.5) is 0 Å². The van der Waals surface area contributed by atoms with Gasteiger partial charge >= 0.3 is 0 Å². The van der Waals surface area contributed by atoms with E-state index in [4.69, 9.17) is 9.47 Å². The van der Waals surface area contributed by atoms with E-state index in [0.717, 1.165) is 50.1 Å². The van der Waals surface area contributed by atoms with Gasteiger partial charge in [0.05, 0.1) is 18.2 Å². The maximum absolute atomic E-state index is 13.8. The Morgan fingerprint density at radius 2 is 1.79 bits per heavy atom. The summed E-state index contributed by atoms with van der Waals surface area (Å²) in [7, 11) is 0. The van der Waals surface area contributed by atoms with Crippen molar-refractivity contribution < 1.29 is 23.9 Å². The van der Waals surface area contributed by atoms with Crippen LogP contribution in [0.1, 0.15) is 57.1 Å². The van der Waals surface area contributed by atoms with Gasteiger partial charge in [-0.15, -0.1) is 0 Å². The van der Waals surface area contributed by atoms with Crippen LogP contribution in [-0.2, 0) is 27.3 Å². The summed E-state index contributed by atoms with van der Waals surface area (Å²) in [6.07, 6.45) is 7.31. The van der Waals surface area contributed by atoms with Crippen LogP contribution in [0, 0.1) is 5.92 Å². The van der Waals surface area contributed by atoms with Crippen molar-refractivity contribution in [1.29, 1.82) is 0 Å². The lowest BCUT2D eigenvalue weighted by Crippen LogP contribution is -2.47. The highest BCUT2D eigenvalue weighted by Crippen LogP contribution is 2.33. The molecule has 0 spiro atoms. The van der Waals surface area contributed by atoms with Crippen LogP contribution < -0.4 is 14.8 Å². The standard InChI is InChI=1S/C36H46N6O5/c1-26(2)18-34(43)40-16-7-15-39(23-28-8-5-9-29(19-28)42-17-6-13-38-42)14-4-3-12-37-36(45)31-22-30(40)24-41(31)35(44)21-27-10-11-32-33(20-27)47-25-46-32/h5-6,8-11,13,17,19-20,26,30-31H,3-4,7,12,14-16,18,21-25H2,1-2H3,(H,37,45)/t30-,31-/m0/s1. The Balaban J connectivity index is 1.18. The molecule has 4 heterocycles. The summed E-state index contributed by atoms with van der Waals surface area (Å²) in [6.45, 7) is 8.24. The highest BCUT2D eigenvalue weighted by molar-refractivity contribution is 5.89. The third kappa shape index (κ3) is 8.13. The minimum absolute atomic E-state index is 0.0831. The summed E-state index contributed by atoms with van der Waals surface area (Å²) in [5.74, 6) is 1.30. The molecule has 2 aromatic carbocycles. The molecule has 250 valence electrons. The van der Waals surface area contributed by atoms with E-state index >= 15 is 0 Å². The molecule has 1 N–H and O–H groups in total. The number of hydrogen-bond donors (Lipinski definition) is 1. The molecule has 2 fully saturated rings. The molecule has 0 radical (unpaired) electrons. The van der Waals surface area contributed by atoms with Gasteiger partial charge in [-0.25, -0.2) is 4.68 Å². The Hall–Kier alpha value is -4.38. The van der Waals surface area contributed by atoms with Gasteiger partial charge in [0.2, 0.25) is 24.5 Å². The molecule has 2 bridgehead atoms. The number of amides is 3. The maximum atomic E-state index is 13.8. The largest absolute Gasteiger partial charge is 0.454 e. The molecule has 2 saturated heterocycles. The summed E-state index contributed by atoms with van der Waals surface area (Å²) in [6, 6.07) is 15.0.